The Labute approximate surface area is 268 Å². The monoisotopic (exact) mass is 646 g/mol. The van der Waals surface area contributed by atoms with E-state index in [9.17, 15) is 13.2 Å². The average molecular weight is 647 g/mol. The topological polar surface area (TPSA) is 101 Å². The highest BCUT2D eigenvalue weighted by Crippen LogP contribution is 2.36. The van der Waals surface area contributed by atoms with Crippen molar-refractivity contribution < 1.29 is 22.7 Å². The van der Waals surface area contributed by atoms with Gasteiger partial charge in [-0.15, -0.1) is 11.3 Å². The lowest BCUT2D eigenvalue weighted by Gasteiger charge is -2.49. The van der Waals surface area contributed by atoms with Gasteiger partial charge in [0, 0.05) is 30.6 Å². The maximum atomic E-state index is 14.0. The number of rotatable bonds is 9. The number of hydrogen-bond acceptors (Lipinski definition) is 8. The lowest BCUT2D eigenvalue weighted by atomic mass is 9.88. The summed E-state index contributed by atoms with van der Waals surface area (Å²) in [4.78, 5) is 19.9. The van der Waals surface area contributed by atoms with E-state index >= 15 is 0 Å². The first-order valence-corrected chi connectivity index (χ1v) is 17.4. The number of carbonyl (C=O) groups excluding carboxylic acids is 1. The van der Waals surface area contributed by atoms with Gasteiger partial charge >= 0.3 is 0 Å². The van der Waals surface area contributed by atoms with Crippen molar-refractivity contribution in [1.29, 1.82) is 0 Å². The lowest BCUT2D eigenvalue weighted by molar-refractivity contribution is -0.139. The third kappa shape index (κ3) is 7.29. The number of piperidine rings is 1. The molecule has 1 amide bonds. The summed E-state index contributed by atoms with van der Waals surface area (Å²) in [6.07, 6.45) is 1.85. The molecule has 3 heterocycles. The van der Waals surface area contributed by atoms with Crippen LogP contribution in [0.4, 0.5) is 5.13 Å². The number of anilines is 1. The molecule has 236 valence electrons. The van der Waals surface area contributed by atoms with Crippen molar-refractivity contribution in [3.63, 3.8) is 0 Å². The minimum Gasteiger partial charge on any atom is -0.497 e. The van der Waals surface area contributed by atoms with E-state index < -0.39 is 15.6 Å². The zero-order valence-corrected chi connectivity index (χ0v) is 27.1. The van der Waals surface area contributed by atoms with Crippen molar-refractivity contribution in [2.75, 3.05) is 45.2 Å². The summed E-state index contributed by atoms with van der Waals surface area (Å²) in [5.74, 6) is 0.648. The number of carbonyl (C=O) groups is 1. The van der Waals surface area contributed by atoms with Crippen molar-refractivity contribution in [2.45, 2.75) is 42.7 Å². The Hall–Kier alpha value is -3.61. The minimum atomic E-state index is -3.75. The molecule has 11 heteroatoms. The number of benzene rings is 3. The Morgan fingerprint density at radius 2 is 1.76 bits per heavy atom. The molecular weight excluding hydrogens is 609 g/mol. The SMILES string of the molecule is COc1ccc(-c2csc(NC(=O)CN3CCC4(CC3)CN(S(=O)(=O)c3ccc(C)cc3)[C@H](Cc3ccccc3)CO4)n2)cc1. The van der Waals surface area contributed by atoms with E-state index in [4.69, 9.17) is 9.47 Å². The van der Waals surface area contributed by atoms with Gasteiger partial charge in [-0.3, -0.25) is 9.69 Å². The molecule has 4 aromatic rings. The third-order valence-corrected chi connectivity index (χ3v) is 11.3. The normalized spacial score (nSPS) is 18.9. The molecular formula is C34H38N4O5S2. The van der Waals surface area contributed by atoms with Crippen molar-refractivity contribution >= 4 is 32.4 Å². The number of thiazole rings is 1. The van der Waals surface area contributed by atoms with E-state index in [0.717, 1.165) is 28.1 Å². The summed E-state index contributed by atoms with van der Waals surface area (Å²) in [5.41, 5.74) is 3.23. The van der Waals surface area contributed by atoms with Gasteiger partial charge in [0.1, 0.15) is 5.75 Å². The van der Waals surface area contributed by atoms with E-state index in [-0.39, 0.29) is 25.0 Å². The second-order valence-electron chi connectivity index (χ2n) is 11.8. The molecule has 0 aliphatic carbocycles. The molecule has 2 saturated heterocycles. The van der Waals surface area contributed by atoms with Crippen LogP contribution in [0.25, 0.3) is 11.3 Å². The summed E-state index contributed by atoms with van der Waals surface area (Å²) < 4.78 is 41.5. The summed E-state index contributed by atoms with van der Waals surface area (Å²) >= 11 is 1.39. The molecule has 0 unspecified atom stereocenters. The van der Waals surface area contributed by atoms with Crippen LogP contribution in [-0.2, 0) is 26.0 Å². The number of likely N-dealkylation sites (tertiary alicyclic amines) is 1. The predicted octanol–water partition coefficient (Wildman–Crippen LogP) is 5.23. The standard InChI is InChI=1S/C34H38N4O5S2/c1-25-8-14-30(15-9-25)45(40,41)38-24-34(43-22-28(38)20-26-6-4-3-5-7-26)16-18-37(19-17-34)21-32(39)36-33-35-31(23-44-33)27-10-12-29(42-2)13-11-27/h3-15,23,28H,16-22,24H2,1-2H3,(H,35,36,39)/t28-/m1/s1. The Bertz CT molecular complexity index is 1700. The van der Waals surface area contributed by atoms with Crippen LogP contribution in [0, 0.1) is 6.92 Å². The predicted molar refractivity (Wildman–Crippen MR) is 176 cm³/mol. The lowest BCUT2D eigenvalue weighted by Crippen LogP contribution is -2.62. The number of nitrogens with zero attached hydrogens (tertiary/aromatic N) is 3. The molecule has 45 heavy (non-hydrogen) atoms. The number of morpholine rings is 1. The highest BCUT2D eigenvalue weighted by atomic mass is 32.2. The van der Waals surface area contributed by atoms with E-state index in [1.54, 1.807) is 23.5 Å². The fourth-order valence-electron chi connectivity index (χ4n) is 6.00. The van der Waals surface area contributed by atoms with Crippen molar-refractivity contribution in [3.05, 3.63) is 95.4 Å². The fraction of sp³-hybridized carbons (Fsp3) is 0.353. The molecule has 3 aromatic carbocycles. The van der Waals surface area contributed by atoms with Gasteiger partial charge in [-0.05, 0) is 68.1 Å². The first kappa shape index (κ1) is 31.4. The van der Waals surface area contributed by atoms with Gasteiger partial charge in [0.2, 0.25) is 15.9 Å². The summed E-state index contributed by atoms with van der Waals surface area (Å²) in [7, 11) is -2.12. The van der Waals surface area contributed by atoms with Gasteiger partial charge in [0.25, 0.3) is 0 Å². The molecule has 1 N–H and O–H groups in total. The molecule has 2 fully saturated rings. The van der Waals surface area contributed by atoms with Gasteiger partial charge in [-0.25, -0.2) is 13.4 Å². The Balaban J connectivity index is 1.09. The second kappa shape index (κ2) is 13.4. The van der Waals surface area contributed by atoms with E-state index in [0.29, 0.717) is 49.0 Å². The maximum absolute atomic E-state index is 14.0. The van der Waals surface area contributed by atoms with Gasteiger partial charge in [-0.2, -0.15) is 4.31 Å². The largest absolute Gasteiger partial charge is 0.497 e. The van der Waals surface area contributed by atoms with Crippen LogP contribution < -0.4 is 10.1 Å². The molecule has 2 aliphatic rings. The molecule has 0 bridgehead atoms. The number of hydrogen-bond donors (Lipinski definition) is 1. The number of nitrogens with one attached hydrogen (secondary N) is 1. The van der Waals surface area contributed by atoms with Crippen molar-refractivity contribution in [2.24, 2.45) is 0 Å². The highest BCUT2D eigenvalue weighted by Gasteiger charge is 2.47. The van der Waals surface area contributed by atoms with E-state index in [1.807, 2.05) is 79.0 Å². The van der Waals surface area contributed by atoms with E-state index in [2.05, 4.69) is 15.2 Å². The number of amides is 1. The van der Waals surface area contributed by atoms with Gasteiger partial charge in [0.05, 0.1) is 42.5 Å². The first-order valence-electron chi connectivity index (χ1n) is 15.1. The molecule has 2 aliphatic heterocycles. The van der Waals surface area contributed by atoms with Gasteiger partial charge in [-0.1, -0.05) is 48.0 Å². The van der Waals surface area contributed by atoms with Crippen LogP contribution in [0.15, 0.2) is 89.1 Å². The highest BCUT2D eigenvalue weighted by molar-refractivity contribution is 7.89. The summed E-state index contributed by atoms with van der Waals surface area (Å²) in [6, 6.07) is 24.3. The van der Waals surface area contributed by atoms with Crippen molar-refractivity contribution in [3.8, 4) is 17.0 Å². The molecule has 6 rings (SSSR count). The second-order valence-corrected chi connectivity index (χ2v) is 14.5. The minimum absolute atomic E-state index is 0.127. The number of aromatic nitrogens is 1. The number of sulfonamides is 1. The van der Waals surface area contributed by atoms with Crippen LogP contribution in [0.2, 0.25) is 0 Å². The number of ether oxygens (including phenoxy) is 2. The third-order valence-electron chi connectivity index (χ3n) is 8.65. The fourth-order valence-corrected chi connectivity index (χ4v) is 8.42. The Morgan fingerprint density at radius 1 is 1.04 bits per heavy atom. The smallest absolute Gasteiger partial charge is 0.243 e. The van der Waals surface area contributed by atoms with Crippen LogP contribution in [0.5, 0.6) is 5.75 Å². The Morgan fingerprint density at radius 3 is 2.44 bits per heavy atom. The zero-order chi connectivity index (χ0) is 31.4. The Kier molecular flexibility index (Phi) is 9.34. The molecule has 1 aromatic heterocycles. The summed E-state index contributed by atoms with van der Waals surface area (Å²) in [5, 5.41) is 5.41. The zero-order valence-electron chi connectivity index (χ0n) is 25.5. The number of aryl methyl sites for hydroxylation is 1. The quantitative estimate of drug-likeness (QED) is 0.266. The molecule has 9 nitrogen and oxygen atoms in total. The van der Waals surface area contributed by atoms with Crippen LogP contribution in [-0.4, -0.2) is 80.1 Å². The average Bonchev–Trinajstić information content (AvgIpc) is 3.52. The molecule has 1 atom stereocenters. The first-order chi connectivity index (χ1) is 21.7. The molecule has 0 saturated carbocycles. The van der Waals surface area contributed by atoms with Gasteiger partial charge < -0.3 is 14.8 Å². The number of methoxy groups -OCH3 is 1. The van der Waals surface area contributed by atoms with Crippen molar-refractivity contribution in [1.82, 2.24) is 14.2 Å². The van der Waals surface area contributed by atoms with Crippen LogP contribution >= 0.6 is 11.3 Å². The maximum Gasteiger partial charge on any atom is 0.243 e. The van der Waals surface area contributed by atoms with Gasteiger partial charge in [0.15, 0.2) is 5.13 Å². The van der Waals surface area contributed by atoms with Crippen LogP contribution in [0.1, 0.15) is 24.0 Å². The molecule has 0 radical (unpaired) electrons. The summed E-state index contributed by atoms with van der Waals surface area (Å²) in [6.45, 7) is 4.04. The van der Waals surface area contributed by atoms with E-state index in [1.165, 1.54) is 11.3 Å². The van der Waals surface area contributed by atoms with Crippen LogP contribution in [0.3, 0.4) is 0 Å². The molecule has 1 spiro atoms.